The molecule has 0 aliphatic carbocycles. The Kier molecular flexibility index (Phi) is 6.40. The number of nitrogens with one attached hydrogen (secondary N) is 2. The van der Waals surface area contributed by atoms with E-state index in [4.69, 9.17) is 4.98 Å². The molecule has 0 spiro atoms. The van der Waals surface area contributed by atoms with E-state index < -0.39 is 0 Å². The Hall–Kier alpha value is -2.88. The summed E-state index contributed by atoms with van der Waals surface area (Å²) in [5.41, 5.74) is 5.23. The van der Waals surface area contributed by atoms with Gasteiger partial charge in [-0.05, 0) is 6.92 Å². The third-order valence-corrected chi connectivity index (χ3v) is 5.69. The quantitative estimate of drug-likeness (QED) is 0.314. The lowest BCUT2D eigenvalue weighted by molar-refractivity contribution is 1.04. The summed E-state index contributed by atoms with van der Waals surface area (Å²) in [5, 5.41) is 1.79. The molecule has 144 valence electrons. The summed E-state index contributed by atoms with van der Waals surface area (Å²) in [6, 6.07) is 20.6. The number of imidazole rings is 2. The average molecular weight is 417 g/mol. The standard InChI is InChI=1S/C23H20N4S2/c1-17-16-24-22(25-17)28-14-8-9-15-29-23-26-20(18-10-4-2-5-11-18)21(27-23)19-12-6-3-7-13-19/h2-7,10-13,16H,14-15H2,1H3,(H,24,25)(H,26,27). The average Bonchev–Trinajstić information content (AvgIpc) is 3.38. The Bertz CT molecular complexity index is 1060. The van der Waals surface area contributed by atoms with Gasteiger partial charge in [0.25, 0.3) is 0 Å². The van der Waals surface area contributed by atoms with Gasteiger partial charge in [-0.2, -0.15) is 0 Å². The number of hydrogen-bond acceptors (Lipinski definition) is 4. The summed E-state index contributed by atoms with van der Waals surface area (Å²) < 4.78 is 0. The van der Waals surface area contributed by atoms with Crippen LogP contribution in [0.2, 0.25) is 0 Å². The Morgan fingerprint density at radius 3 is 2.03 bits per heavy atom. The zero-order valence-corrected chi connectivity index (χ0v) is 17.6. The Morgan fingerprint density at radius 2 is 1.41 bits per heavy atom. The Labute approximate surface area is 179 Å². The SMILES string of the molecule is Cc1c[nH]c(SCC#CCSc2nc(-c3ccccc3)c(-c3ccccc3)[nH]2)n1. The molecule has 6 heteroatoms. The van der Waals surface area contributed by atoms with Gasteiger partial charge in [-0.25, -0.2) is 9.97 Å². The van der Waals surface area contributed by atoms with Gasteiger partial charge < -0.3 is 9.97 Å². The van der Waals surface area contributed by atoms with E-state index in [0.29, 0.717) is 5.75 Å². The summed E-state index contributed by atoms with van der Waals surface area (Å²) in [6.45, 7) is 1.97. The molecule has 2 aromatic heterocycles. The van der Waals surface area contributed by atoms with Crippen LogP contribution in [0.1, 0.15) is 5.69 Å². The van der Waals surface area contributed by atoms with Crippen LogP contribution in [0.5, 0.6) is 0 Å². The third kappa shape index (κ3) is 5.14. The second-order valence-electron chi connectivity index (χ2n) is 6.28. The molecule has 4 aromatic rings. The molecule has 2 N–H and O–H groups in total. The van der Waals surface area contributed by atoms with Crippen LogP contribution in [0.4, 0.5) is 0 Å². The van der Waals surface area contributed by atoms with Crippen LogP contribution in [-0.4, -0.2) is 31.4 Å². The number of hydrogen-bond donors (Lipinski definition) is 2. The van der Waals surface area contributed by atoms with Gasteiger partial charge in [-0.3, -0.25) is 0 Å². The van der Waals surface area contributed by atoms with Crippen molar-refractivity contribution >= 4 is 23.5 Å². The molecule has 0 aliphatic heterocycles. The van der Waals surface area contributed by atoms with Crippen LogP contribution in [0.3, 0.4) is 0 Å². The van der Waals surface area contributed by atoms with Crippen molar-refractivity contribution in [3.05, 3.63) is 72.6 Å². The summed E-state index contributed by atoms with van der Waals surface area (Å²) >= 11 is 3.24. The van der Waals surface area contributed by atoms with Gasteiger partial charge >= 0.3 is 0 Å². The van der Waals surface area contributed by atoms with Crippen molar-refractivity contribution in [3.8, 4) is 34.4 Å². The molecule has 0 unspecified atom stereocenters. The van der Waals surface area contributed by atoms with E-state index in [1.807, 2.05) is 49.5 Å². The predicted molar refractivity (Wildman–Crippen MR) is 122 cm³/mol. The zero-order valence-electron chi connectivity index (χ0n) is 16.0. The maximum atomic E-state index is 4.84. The lowest BCUT2D eigenvalue weighted by Gasteiger charge is -2.02. The van der Waals surface area contributed by atoms with Crippen molar-refractivity contribution in [3.63, 3.8) is 0 Å². The minimum atomic E-state index is 0.688. The second kappa shape index (κ2) is 9.55. The molecule has 29 heavy (non-hydrogen) atoms. The number of aryl methyl sites for hydroxylation is 1. The maximum absolute atomic E-state index is 4.84. The third-order valence-electron chi connectivity index (χ3n) is 4.16. The van der Waals surface area contributed by atoms with Crippen LogP contribution in [-0.2, 0) is 0 Å². The van der Waals surface area contributed by atoms with Crippen LogP contribution in [0.25, 0.3) is 22.5 Å². The highest BCUT2D eigenvalue weighted by Gasteiger charge is 2.13. The maximum Gasteiger partial charge on any atom is 0.167 e. The Morgan fingerprint density at radius 1 is 0.793 bits per heavy atom. The van der Waals surface area contributed by atoms with Gasteiger partial charge in [0.1, 0.15) is 0 Å². The summed E-state index contributed by atoms with van der Waals surface area (Å²) in [5.74, 6) is 7.80. The zero-order chi connectivity index (χ0) is 19.9. The number of thioether (sulfide) groups is 2. The first kappa shape index (κ1) is 19.4. The molecule has 0 aliphatic rings. The molecule has 0 amide bonds. The van der Waals surface area contributed by atoms with Crippen molar-refractivity contribution in [2.24, 2.45) is 0 Å². The smallest absolute Gasteiger partial charge is 0.167 e. The van der Waals surface area contributed by atoms with E-state index in [1.165, 1.54) is 0 Å². The van der Waals surface area contributed by atoms with Crippen molar-refractivity contribution in [1.29, 1.82) is 0 Å². The first-order valence-electron chi connectivity index (χ1n) is 9.24. The molecule has 2 aromatic carbocycles. The molecule has 0 fully saturated rings. The molecular weight excluding hydrogens is 396 g/mol. The summed E-state index contributed by atoms with van der Waals surface area (Å²) in [4.78, 5) is 15.8. The molecule has 4 rings (SSSR count). The fraction of sp³-hybridized carbons (Fsp3) is 0.130. The largest absolute Gasteiger partial charge is 0.339 e. The number of benzene rings is 2. The molecule has 0 bridgehead atoms. The number of nitrogens with zero attached hydrogens (tertiary/aromatic N) is 2. The van der Waals surface area contributed by atoms with Gasteiger partial charge in [-0.1, -0.05) is 96.0 Å². The van der Waals surface area contributed by atoms with Crippen molar-refractivity contribution in [1.82, 2.24) is 19.9 Å². The van der Waals surface area contributed by atoms with Crippen molar-refractivity contribution in [2.45, 2.75) is 17.2 Å². The molecule has 0 atom stereocenters. The lowest BCUT2D eigenvalue weighted by Crippen LogP contribution is -1.82. The molecule has 0 radical (unpaired) electrons. The van der Waals surface area contributed by atoms with Crippen LogP contribution in [0, 0.1) is 18.8 Å². The topological polar surface area (TPSA) is 57.4 Å². The molecule has 0 saturated carbocycles. The first-order chi connectivity index (χ1) is 14.3. The molecule has 0 saturated heterocycles. The van der Waals surface area contributed by atoms with Crippen molar-refractivity contribution in [2.75, 3.05) is 11.5 Å². The second-order valence-corrected chi connectivity index (χ2v) is 8.20. The minimum Gasteiger partial charge on any atom is -0.339 e. The van der Waals surface area contributed by atoms with Crippen LogP contribution < -0.4 is 0 Å². The van der Waals surface area contributed by atoms with E-state index in [9.17, 15) is 0 Å². The van der Waals surface area contributed by atoms with Gasteiger partial charge in [0.05, 0.1) is 28.6 Å². The highest BCUT2D eigenvalue weighted by Crippen LogP contribution is 2.32. The highest BCUT2D eigenvalue weighted by atomic mass is 32.2. The van der Waals surface area contributed by atoms with Gasteiger partial charge in [-0.15, -0.1) is 0 Å². The molecular formula is C23H20N4S2. The van der Waals surface area contributed by atoms with Gasteiger partial charge in [0.15, 0.2) is 10.3 Å². The normalized spacial score (nSPS) is 10.5. The van der Waals surface area contributed by atoms with E-state index in [0.717, 1.165) is 44.3 Å². The predicted octanol–water partition coefficient (Wildman–Crippen LogP) is 5.66. The highest BCUT2D eigenvalue weighted by molar-refractivity contribution is 7.99. The van der Waals surface area contributed by atoms with Crippen LogP contribution >= 0.6 is 23.5 Å². The van der Waals surface area contributed by atoms with E-state index in [2.05, 4.69) is 51.1 Å². The van der Waals surface area contributed by atoms with Gasteiger partial charge in [0, 0.05) is 17.3 Å². The van der Waals surface area contributed by atoms with E-state index >= 15 is 0 Å². The molecule has 4 nitrogen and oxygen atoms in total. The van der Waals surface area contributed by atoms with E-state index in [1.54, 1.807) is 23.5 Å². The fourth-order valence-electron chi connectivity index (χ4n) is 2.81. The monoisotopic (exact) mass is 416 g/mol. The van der Waals surface area contributed by atoms with Gasteiger partial charge in [0.2, 0.25) is 0 Å². The molecule has 2 heterocycles. The van der Waals surface area contributed by atoms with Crippen molar-refractivity contribution < 1.29 is 0 Å². The van der Waals surface area contributed by atoms with Crippen LogP contribution in [0.15, 0.2) is 77.2 Å². The lowest BCUT2D eigenvalue weighted by atomic mass is 10.1. The minimum absolute atomic E-state index is 0.688. The number of aromatic nitrogens is 4. The summed E-state index contributed by atoms with van der Waals surface area (Å²) in [6.07, 6.45) is 1.90. The first-order valence-corrected chi connectivity index (χ1v) is 11.2. The fourth-order valence-corrected chi connectivity index (χ4v) is 4.12. The number of H-pyrrole nitrogens is 2. The van der Waals surface area contributed by atoms with E-state index in [-0.39, 0.29) is 0 Å². The Balaban J connectivity index is 1.44. The number of aromatic amines is 2. The summed E-state index contributed by atoms with van der Waals surface area (Å²) in [7, 11) is 0. The number of rotatable bonds is 6.